The van der Waals surface area contributed by atoms with Crippen molar-refractivity contribution in [3.63, 3.8) is 0 Å². The molecule has 0 unspecified atom stereocenters. The Labute approximate surface area is 195 Å². The van der Waals surface area contributed by atoms with Gasteiger partial charge in [-0.05, 0) is 42.5 Å². The van der Waals surface area contributed by atoms with Crippen molar-refractivity contribution in [1.82, 2.24) is 9.55 Å². The molecule has 0 radical (unpaired) electrons. The van der Waals surface area contributed by atoms with Gasteiger partial charge in [-0.2, -0.15) is 0 Å². The van der Waals surface area contributed by atoms with E-state index in [4.69, 9.17) is 11.6 Å². The summed E-state index contributed by atoms with van der Waals surface area (Å²) in [5.74, 6) is -0.541. The van der Waals surface area contributed by atoms with E-state index in [-0.39, 0.29) is 24.1 Å². The maximum absolute atomic E-state index is 13.5. The number of fused-ring (bicyclic) bond motifs is 1. The lowest BCUT2D eigenvalue weighted by Gasteiger charge is -2.15. The van der Waals surface area contributed by atoms with Crippen LogP contribution >= 0.6 is 11.6 Å². The molecular formula is C25H21ClN4O3. The van der Waals surface area contributed by atoms with E-state index in [9.17, 15) is 14.4 Å². The Balaban J connectivity index is 1.78. The third-order valence-corrected chi connectivity index (χ3v) is 5.31. The number of benzene rings is 3. The van der Waals surface area contributed by atoms with Crippen LogP contribution in [0.1, 0.15) is 13.3 Å². The number of aromatic nitrogens is 2. The Kier molecular flexibility index (Phi) is 6.51. The first-order chi connectivity index (χ1) is 16.0. The van der Waals surface area contributed by atoms with Crippen molar-refractivity contribution < 1.29 is 9.59 Å². The molecule has 8 heteroatoms. The summed E-state index contributed by atoms with van der Waals surface area (Å²) in [6, 6.07) is 20.8. The highest BCUT2D eigenvalue weighted by Gasteiger charge is 2.18. The maximum Gasteiger partial charge on any atom is 0.278 e. The van der Waals surface area contributed by atoms with Crippen LogP contribution in [0.2, 0.25) is 5.02 Å². The molecule has 4 aromatic rings. The van der Waals surface area contributed by atoms with E-state index in [1.165, 1.54) is 4.57 Å². The molecule has 2 N–H and O–H groups in total. The molecule has 0 aliphatic carbocycles. The number of para-hydroxylation sites is 3. The summed E-state index contributed by atoms with van der Waals surface area (Å²) in [6.07, 6.45) is 0.300. The van der Waals surface area contributed by atoms with E-state index in [1.54, 1.807) is 73.7 Å². The highest BCUT2D eigenvalue weighted by molar-refractivity contribution is 6.30. The number of anilines is 2. The molecule has 0 saturated heterocycles. The summed E-state index contributed by atoms with van der Waals surface area (Å²) >= 11 is 5.90. The molecule has 166 valence electrons. The molecule has 33 heavy (non-hydrogen) atoms. The average Bonchev–Trinajstić information content (AvgIpc) is 2.82. The van der Waals surface area contributed by atoms with Crippen molar-refractivity contribution in [3.8, 4) is 11.3 Å². The van der Waals surface area contributed by atoms with Crippen LogP contribution in [0.3, 0.4) is 0 Å². The van der Waals surface area contributed by atoms with Gasteiger partial charge in [0, 0.05) is 22.7 Å². The van der Waals surface area contributed by atoms with Gasteiger partial charge in [0.1, 0.15) is 12.2 Å². The van der Waals surface area contributed by atoms with Gasteiger partial charge in [-0.25, -0.2) is 4.98 Å². The molecule has 4 rings (SSSR count). The minimum atomic E-state index is -0.432. The molecule has 0 spiro atoms. The topological polar surface area (TPSA) is 93.1 Å². The normalized spacial score (nSPS) is 10.7. The molecule has 0 atom stereocenters. The number of rotatable bonds is 6. The van der Waals surface area contributed by atoms with Gasteiger partial charge in [-0.15, -0.1) is 0 Å². The summed E-state index contributed by atoms with van der Waals surface area (Å²) in [6.45, 7) is 1.54. The van der Waals surface area contributed by atoms with Crippen LogP contribution in [-0.2, 0) is 16.1 Å². The zero-order valence-electron chi connectivity index (χ0n) is 17.8. The lowest BCUT2D eigenvalue weighted by Crippen LogP contribution is -2.30. The largest absolute Gasteiger partial charge is 0.325 e. The predicted octanol–water partition coefficient (Wildman–Crippen LogP) is 4.70. The van der Waals surface area contributed by atoms with Crippen molar-refractivity contribution in [3.05, 3.63) is 88.2 Å². The van der Waals surface area contributed by atoms with E-state index in [2.05, 4.69) is 15.6 Å². The van der Waals surface area contributed by atoms with Gasteiger partial charge in [0.25, 0.3) is 5.56 Å². The Hall–Kier alpha value is -3.97. The third kappa shape index (κ3) is 4.94. The fourth-order valence-electron chi connectivity index (χ4n) is 3.44. The van der Waals surface area contributed by atoms with Crippen LogP contribution in [0, 0.1) is 0 Å². The van der Waals surface area contributed by atoms with Gasteiger partial charge in [-0.3, -0.25) is 19.0 Å². The maximum atomic E-state index is 13.5. The molecule has 1 aromatic heterocycles. The zero-order chi connectivity index (χ0) is 23.4. The minimum absolute atomic E-state index is 0.153. The SMILES string of the molecule is CCC(=O)Nc1ccccc1-c1nc2ccccc2n(CC(=O)Nc2ccc(Cl)cc2)c1=O. The van der Waals surface area contributed by atoms with Crippen LogP contribution in [0.15, 0.2) is 77.6 Å². The number of halogens is 1. The molecule has 1 heterocycles. The number of nitrogens with zero attached hydrogens (tertiary/aromatic N) is 2. The first-order valence-corrected chi connectivity index (χ1v) is 10.8. The molecule has 2 amide bonds. The van der Waals surface area contributed by atoms with E-state index in [0.29, 0.717) is 39.4 Å². The molecule has 7 nitrogen and oxygen atoms in total. The van der Waals surface area contributed by atoms with Crippen molar-refractivity contribution in [2.45, 2.75) is 19.9 Å². The molecule has 0 bridgehead atoms. The van der Waals surface area contributed by atoms with Gasteiger partial charge in [0.15, 0.2) is 0 Å². The molecular weight excluding hydrogens is 440 g/mol. The standard InChI is InChI=1S/C25H21ClN4O3/c1-2-22(31)28-19-8-4-3-7-18(19)24-25(33)30(21-10-6-5-9-20(21)29-24)15-23(32)27-17-13-11-16(26)12-14-17/h3-14H,2,15H2,1H3,(H,27,32)(H,28,31). The van der Waals surface area contributed by atoms with Crippen molar-refractivity contribution in [2.75, 3.05) is 10.6 Å². The Bertz CT molecular complexity index is 1400. The van der Waals surface area contributed by atoms with Gasteiger partial charge in [0.2, 0.25) is 11.8 Å². The van der Waals surface area contributed by atoms with Gasteiger partial charge in [0.05, 0.1) is 16.7 Å². The van der Waals surface area contributed by atoms with Crippen LogP contribution in [0.4, 0.5) is 11.4 Å². The Morgan fingerprint density at radius 3 is 2.36 bits per heavy atom. The number of carbonyl (C=O) groups is 2. The van der Waals surface area contributed by atoms with Crippen LogP contribution < -0.4 is 16.2 Å². The number of hydrogen-bond acceptors (Lipinski definition) is 4. The summed E-state index contributed by atoms with van der Waals surface area (Å²) in [5, 5.41) is 6.15. The number of amides is 2. The minimum Gasteiger partial charge on any atom is -0.325 e. The Morgan fingerprint density at radius 1 is 0.909 bits per heavy atom. The van der Waals surface area contributed by atoms with Crippen LogP contribution in [0.25, 0.3) is 22.3 Å². The number of nitrogens with one attached hydrogen (secondary N) is 2. The van der Waals surface area contributed by atoms with Crippen LogP contribution in [0.5, 0.6) is 0 Å². The smallest absolute Gasteiger partial charge is 0.278 e. The molecule has 3 aromatic carbocycles. The fourth-order valence-corrected chi connectivity index (χ4v) is 3.57. The average molecular weight is 461 g/mol. The highest BCUT2D eigenvalue weighted by Crippen LogP contribution is 2.26. The molecule has 0 aliphatic heterocycles. The summed E-state index contributed by atoms with van der Waals surface area (Å²) in [4.78, 5) is 42.9. The predicted molar refractivity (Wildman–Crippen MR) is 130 cm³/mol. The van der Waals surface area contributed by atoms with E-state index >= 15 is 0 Å². The highest BCUT2D eigenvalue weighted by atomic mass is 35.5. The second-order valence-corrected chi connectivity index (χ2v) is 7.78. The third-order valence-electron chi connectivity index (χ3n) is 5.06. The van der Waals surface area contributed by atoms with Crippen molar-refractivity contribution >= 4 is 45.8 Å². The Morgan fingerprint density at radius 2 is 1.61 bits per heavy atom. The summed E-state index contributed by atoms with van der Waals surface area (Å²) in [7, 11) is 0. The van der Waals surface area contributed by atoms with E-state index in [1.807, 2.05) is 6.07 Å². The van der Waals surface area contributed by atoms with Crippen molar-refractivity contribution in [2.24, 2.45) is 0 Å². The number of carbonyl (C=O) groups excluding carboxylic acids is 2. The molecule has 0 saturated carbocycles. The second kappa shape index (κ2) is 9.67. The summed E-state index contributed by atoms with van der Waals surface area (Å²) in [5.41, 5.74) is 2.36. The lowest BCUT2D eigenvalue weighted by molar-refractivity contribution is -0.117. The van der Waals surface area contributed by atoms with Gasteiger partial charge in [-0.1, -0.05) is 48.9 Å². The van der Waals surface area contributed by atoms with Crippen LogP contribution in [-0.4, -0.2) is 21.4 Å². The van der Waals surface area contributed by atoms with Gasteiger partial charge >= 0.3 is 0 Å². The molecule has 0 aliphatic rings. The number of hydrogen-bond donors (Lipinski definition) is 2. The first kappa shape index (κ1) is 22.2. The van der Waals surface area contributed by atoms with Crippen molar-refractivity contribution in [1.29, 1.82) is 0 Å². The van der Waals surface area contributed by atoms with E-state index in [0.717, 1.165) is 0 Å². The summed E-state index contributed by atoms with van der Waals surface area (Å²) < 4.78 is 1.39. The zero-order valence-corrected chi connectivity index (χ0v) is 18.6. The lowest BCUT2D eigenvalue weighted by atomic mass is 10.1. The monoisotopic (exact) mass is 460 g/mol. The fraction of sp³-hybridized carbons (Fsp3) is 0.120. The molecule has 0 fully saturated rings. The second-order valence-electron chi connectivity index (χ2n) is 7.34. The van der Waals surface area contributed by atoms with Gasteiger partial charge < -0.3 is 10.6 Å². The first-order valence-electron chi connectivity index (χ1n) is 10.4. The quantitative estimate of drug-likeness (QED) is 0.436. The van der Waals surface area contributed by atoms with E-state index < -0.39 is 5.56 Å².